The monoisotopic (exact) mass is 492 g/mol. The van der Waals surface area contributed by atoms with Crippen molar-refractivity contribution in [2.75, 3.05) is 18.8 Å². The van der Waals surface area contributed by atoms with Crippen LogP contribution < -0.4 is 10.1 Å². The third-order valence-electron chi connectivity index (χ3n) is 5.65. The summed E-state index contributed by atoms with van der Waals surface area (Å²) in [5, 5.41) is 3.28. The van der Waals surface area contributed by atoms with Crippen LogP contribution in [0.1, 0.15) is 57.2 Å². The average molecular weight is 493 g/mol. The van der Waals surface area contributed by atoms with E-state index in [1.807, 2.05) is 32.0 Å². The Bertz CT molecular complexity index is 1080. The first-order valence-corrected chi connectivity index (χ1v) is 13.2. The molecular formula is C25H33FN2O5S. The lowest BCUT2D eigenvalue weighted by Crippen LogP contribution is -2.45. The van der Waals surface area contributed by atoms with Crippen molar-refractivity contribution in [2.45, 2.75) is 58.1 Å². The second-order valence-electron chi connectivity index (χ2n) is 8.97. The quantitative estimate of drug-likeness (QED) is 0.375. The molecule has 2 aromatic rings. The Kier molecular flexibility index (Phi) is 8.67. The van der Waals surface area contributed by atoms with Crippen LogP contribution in [0.25, 0.3) is 0 Å². The van der Waals surface area contributed by atoms with Crippen molar-refractivity contribution in [3.8, 4) is 5.75 Å². The molecule has 9 heteroatoms. The first-order valence-electron chi connectivity index (χ1n) is 11.6. The first kappa shape index (κ1) is 26.1. The molecule has 34 heavy (non-hydrogen) atoms. The van der Waals surface area contributed by atoms with Crippen LogP contribution in [0, 0.1) is 5.82 Å². The molecule has 0 fully saturated rings. The van der Waals surface area contributed by atoms with Crippen LogP contribution >= 0.6 is 0 Å². The van der Waals surface area contributed by atoms with E-state index in [9.17, 15) is 17.6 Å². The molecule has 0 saturated heterocycles. The molecule has 0 amide bonds. The van der Waals surface area contributed by atoms with Gasteiger partial charge in [-0.15, -0.1) is 0 Å². The van der Waals surface area contributed by atoms with Crippen molar-refractivity contribution in [2.24, 2.45) is 0 Å². The van der Waals surface area contributed by atoms with Crippen LogP contribution in [0.4, 0.5) is 4.39 Å². The maximum absolute atomic E-state index is 14.0. The molecule has 1 N–H and O–H groups in total. The van der Waals surface area contributed by atoms with E-state index in [0.29, 0.717) is 24.3 Å². The number of rotatable bonds is 11. The van der Waals surface area contributed by atoms with Crippen LogP contribution in [-0.2, 0) is 26.1 Å². The van der Waals surface area contributed by atoms with E-state index in [1.165, 1.54) is 30.7 Å². The molecule has 0 aromatic heterocycles. The predicted molar refractivity (Wildman–Crippen MR) is 128 cm³/mol. The fourth-order valence-corrected chi connectivity index (χ4v) is 4.95. The summed E-state index contributed by atoms with van der Waals surface area (Å²) in [6, 6.07) is 13.2. The van der Waals surface area contributed by atoms with Gasteiger partial charge < -0.3 is 14.9 Å². The van der Waals surface area contributed by atoms with E-state index in [4.69, 9.17) is 9.57 Å². The predicted octanol–water partition coefficient (Wildman–Crippen LogP) is 4.15. The normalized spacial score (nSPS) is 17.1. The highest BCUT2D eigenvalue weighted by Crippen LogP contribution is 2.44. The van der Waals surface area contributed by atoms with E-state index in [1.54, 1.807) is 0 Å². The summed E-state index contributed by atoms with van der Waals surface area (Å²) in [5.41, 5.74) is 0.837. The Morgan fingerprint density at radius 1 is 1.21 bits per heavy atom. The van der Waals surface area contributed by atoms with Crippen molar-refractivity contribution in [3.63, 3.8) is 0 Å². The van der Waals surface area contributed by atoms with Gasteiger partial charge in [-0.05, 0) is 74.9 Å². The van der Waals surface area contributed by atoms with Crippen molar-refractivity contribution in [3.05, 3.63) is 65.5 Å². The highest BCUT2D eigenvalue weighted by atomic mass is 32.2. The van der Waals surface area contributed by atoms with Gasteiger partial charge >= 0.3 is 5.97 Å². The summed E-state index contributed by atoms with van der Waals surface area (Å²) >= 11 is 0. The third-order valence-corrected chi connectivity index (χ3v) is 7.26. The molecule has 7 nitrogen and oxygen atoms in total. The maximum atomic E-state index is 14.0. The van der Waals surface area contributed by atoms with Gasteiger partial charge in [-0.25, -0.2) is 12.8 Å². The maximum Gasteiger partial charge on any atom is 0.326 e. The zero-order chi connectivity index (χ0) is 24.8. The van der Waals surface area contributed by atoms with Crippen molar-refractivity contribution in [1.29, 1.82) is 0 Å². The number of carbonyl (C=O) groups is 1. The summed E-state index contributed by atoms with van der Waals surface area (Å²) in [6.45, 7) is 6.47. The lowest BCUT2D eigenvalue weighted by atomic mass is 9.90. The van der Waals surface area contributed by atoms with E-state index >= 15 is 0 Å². The van der Waals surface area contributed by atoms with Gasteiger partial charge in [0.2, 0.25) is 10.0 Å². The molecule has 0 saturated carbocycles. The number of carbonyl (C=O) groups excluding carboxylic acids is 1. The fourth-order valence-electron chi connectivity index (χ4n) is 3.92. The average Bonchev–Trinajstić information content (AvgIpc) is 2.80. The summed E-state index contributed by atoms with van der Waals surface area (Å²) in [4.78, 5) is 18.0. The summed E-state index contributed by atoms with van der Waals surface area (Å²) in [5.74, 6) is -1.06. The first-order chi connectivity index (χ1) is 16.1. The minimum Gasteiger partial charge on any atom is -0.487 e. The molecule has 1 atom stereocenters. The molecular weight excluding hydrogens is 459 g/mol. The van der Waals surface area contributed by atoms with Crippen LogP contribution in [0.15, 0.2) is 48.5 Å². The molecule has 3 rings (SSSR count). The van der Waals surface area contributed by atoms with E-state index < -0.39 is 33.5 Å². The second-order valence-corrected chi connectivity index (χ2v) is 11.1. The largest absolute Gasteiger partial charge is 0.487 e. The fraction of sp³-hybridized carbons (Fsp3) is 0.480. The minimum atomic E-state index is -3.93. The van der Waals surface area contributed by atoms with Gasteiger partial charge in [-0.2, -0.15) is 0 Å². The van der Waals surface area contributed by atoms with Crippen LogP contribution in [0.2, 0.25) is 0 Å². The van der Waals surface area contributed by atoms with Gasteiger partial charge in [0, 0.05) is 18.4 Å². The zero-order valence-corrected chi connectivity index (χ0v) is 20.7. The molecule has 0 bridgehead atoms. The van der Waals surface area contributed by atoms with Crippen molar-refractivity contribution < 1.29 is 27.2 Å². The lowest BCUT2D eigenvalue weighted by molar-refractivity contribution is -0.180. The lowest BCUT2D eigenvalue weighted by Gasteiger charge is -2.40. The van der Waals surface area contributed by atoms with Gasteiger partial charge in [0.05, 0.1) is 11.8 Å². The minimum absolute atomic E-state index is 0.0523. The van der Waals surface area contributed by atoms with E-state index in [0.717, 1.165) is 17.4 Å². The van der Waals surface area contributed by atoms with Crippen LogP contribution in [0.5, 0.6) is 5.75 Å². The molecule has 2 aromatic carbocycles. The second kappa shape index (κ2) is 11.3. The van der Waals surface area contributed by atoms with Gasteiger partial charge in [-0.3, -0.25) is 4.79 Å². The molecule has 1 aliphatic rings. The number of sulfonamides is 1. The highest BCUT2D eigenvalue weighted by Gasteiger charge is 2.43. The Labute approximate surface area is 201 Å². The molecule has 1 aliphatic heterocycles. The van der Waals surface area contributed by atoms with Gasteiger partial charge in [0.15, 0.2) is 0 Å². The number of fused-ring (bicyclic) bond motifs is 1. The summed E-state index contributed by atoms with van der Waals surface area (Å²) in [7, 11) is -3.93. The Morgan fingerprint density at radius 2 is 1.94 bits per heavy atom. The number of nitrogens with zero attached hydrogens (tertiary/aromatic N) is 1. The number of hydroxylamine groups is 1. The van der Waals surface area contributed by atoms with Crippen LogP contribution in [-0.4, -0.2) is 43.3 Å². The smallest absolute Gasteiger partial charge is 0.326 e. The summed E-state index contributed by atoms with van der Waals surface area (Å²) < 4.78 is 46.4. The SMILES string of the molecule is CCS(=O)(=O)N(OC(=O)CCCNCCc1ccccc1)C1CC(C)(C)Oc2ccc(F)cc21. The van der Waals surface area contributed by atoms with Crippen LogP contribution in [0.3, 0.4) is 0 Å². The number of hydrogen-bond acceptors (Lipinski definition) is 6. The van der Waals surface area contributed by atoms with Gasteiger partial charge in [0.25, 0.3) is 0 Å². The molecule has 1 heterocycles. The zero-order valence-electron chi connectivity index (χ0n) is 19.9. The van der Waals surface area contributed by atoms with Crippen molar-refractivity contribution >= 4 is 16.0 Å². The standard InChI is InChI=1S/C25H33FN2O5S/c1-4-34(30,31)28(22-18-25(2,3)32-23-13-12-20(26)17-21(22)23)33-24(29)11-8-15-27-16-14-19-9-6-5-7-10-19/h5-7,9-10,12-13,17,22,27H,4,8,11,14-16,18H2,1-3H3. The number of nitrogens with one attached hydrogen (secondary N) is 1. The topological polar surface area (TPSA) is 84.9 Å². The Balaban J connectivity index is 1.62. The third kappa shape index (κ3) is 7.01. The molecule has 1 unspecified atom stereocenters. The summed E-state index contributed by atoms with van der Waals surface area (Å²) in [6.07, 6.45) is 1.63. The number of benzene rings is 2. The number of ether oxygens (including phenoxy) is 1. The van der Waals surface area contributed by atoms with E-state index in [2.05, 4.69) is 17.4 Å². The van der Waals surface area contributed by atoms with Gasteiger partial charge in [0.1, 0.15) is 17.2 Å². The van der Waals surface area contributed by atoms with Gasteiger partial charge in [-0.1, -0.05) is 30.3 Å². The Hall–Kier alpha value is -2.49. The van der Waals surface area contributed by atoms with Crippen molar-refractivity contribution in [1.82, 2.24) is 9.79 Å². The molecule has 0 spiro atoms. The van der Waals surface area contributed by atoms with E-state index in [-0.39, 0.29) is 18.6 Å². The molecule has 0 radical (unpaired) electrons. The number of hydrogen-bond donors (Lipinski definition) is 1. The highest BCUT2D eigenvalue weighted by molar-refractivity contribution is 7.88. The Morgan fingerprint density at radius 3 is 2.65 bits per heavy atom. The molecule has 186 valence electrons. The number of halogens is 1. The molecule has 0 aliphatic carbocycles.